The number of hydrogen-bond donors (Lipinski definition) is 1. The summed E-state index contributed by atoms with van der Waals surface area (Å²) in [6.45, 7) is 2.03. The Morgan fingerprint density at radius 3 is 2.41 bits per heavy atom. The Morgan fingerprint density at radius 1 is 1.00 bits per heavy atom. The van der Waals surface area contributed by atoms with Crippen LogP contribution in [0.4, 0.5) is 5.69 Å². The van der Waals surface area contributed by atoms with E-state index >= 15 is 0 Å². The smallest absolute Gasteiger partial charge is 0.227 e. The first kappa shape index (κ1) is 17.9. The first-order valence-corrected chi connectivity index (χ1v) is 9.78. The number of phenols is 1. The van der Waals surface area contributed by atoms with Crippen molar-refractivity contribution in [2.75, 3.05) is 0 Å². The average Bonchev–Trinajstić information content (AvgIpc) is 3.08. The highest BCUT2D eigenvalue weighted by atomic mass is 79.9. The first-order valence-electron chi connectivity index (χ1n) is 8.19. The van der Waals surface area contributed by atoms with E-state index in [0.717, 1.165) is 33.5 Å². The second-order valence-corrected chi connectivity index (χ2v) is 7.84. The van der Waals surface area contributed by atoms with Crippen LogP contribution in [0.15, 0.2) is 73.0 Å². The summed E-state index contributed by atoms with van der Waals surface area (Å²) in [4.78, 5) is 9.03. The number of phenolic OH excluding ortho intramolecular Hbond substituents is 1. The van der Waals surface area contributed by atoms with Crippen molar-refractivity contribution >= 4 is 54.9 Å². The van der Waals surface area contributed by atoms with Crippen molar-refractivity contribution in [1.82, 2.24) is 4.98 Å². The van der Waals surface area contributed by atoms with Crippen LogP contribution >= 0.6 is 31.9 Å². The van der Waals surface area contributed by atoms with Gasteiger partial charge >= 0.3 is 0 Å². The molecule has 3 aromatic carbocycles. The summed E-state index contributed by atoms with van der Waals surface area (Å²) < 4.78 is 7.05. The number of hydrogen-bond acceptors (Lipinski definition) is 4. The van der Waals surface area contributed by atoms with Gasteiger partial charge in [-0.25, -0.2) is 4.98 Å². The number of fused-ring (bicyclic) bond motifs is 1. The van der Waals surface area contributed by atoms with E-state index in [1.165, 1.54) is 0 Å². The van der Waals surface area contributed by atoms with Crippen LogP contribution < -0.4 is 0 Å². The molecule has 0 saturated carbocycles. The van der Waals surface area contributed by atoms with Crippen molar-refractivity contribution < 1.29 is 9.52 Å². The summed E-state index contributed by atoms with van der Waals surface area (Å²) in [6.07, 6.45) is 1.74. The number of nitrogens with zero attached hydrogens (tertiary/aromatic N) is 2. The van der Waals surface area contributed by atoms with Crippen molar-refractivity contribution in [2.45, 2.75) is 6.92 Å². The van der Waals surface area contributed by atoms with Gasteiger partial charge in [0.25, 0.3) is 0 Å². The van der Waals surface area contributed by atoms with Crippen LogP contribution in [0, 0.1) is 6.92 Å². The van der Waals surface area contributed by atoms with Gasteiger partial charge in [-0.05, 0) is 98.4 Å². The van der Waals surface area contributed by atoms with E-state index in [9.17, 15) is 5.11 Å². The zero-order chi connectivity index (χ0) is 19.0. The SMILES string of the molecule is Cc1ccc2oc(-c3ccc(N=Cc4cc(Br)c(O)c(Br)c4)cc3)nc2c1. The highest BCUT2D eigenvalue weighted by molar-refractivity contribution is 9.11. The van der Waals surface area contributed by atoms with Crippen LogP contribution in [-0.4, -0.2) is 16.3 Å². The number of oxazole rings is 1. The summed E-state index contributed by atoms with van der Waals surface area (Å²) >= 11 is 6.64. The highest BCUT2D eigenvalue weighted by Gasteiger charge is 2.08. The van der Waals surface area contributed by atoms with Gasteiger partial charge in [0.2, 0.25) is 5.89 Å². The molecule has 0 amide bonds. The lowest BCUT2D eigenvalue weighted by Crippen LogP contribution is -1.83. The molecule has 0 aliphatic carbocycles. The normalized spacial score (nSPS) is 11.5. The Balaban J connectivity index is 1.58. The van der Waals surface area contributed by atoms with Gasteiger partial charge in [0.05, 0.1) is 14.6 Å². The molecule has 6 heteroatoms. The van der Waals surface area contributed by atoms with Gasteiger partial charge in [-0.2, -0.15) is 0 Å². The van der Waals surface area contributed by atoms with Crippen LogP contribution in [0.1, 0.15) is 11.1 Å². The predicted octanol–water partition coefficient (Wildman–Crippen LogP) is 6.78. The van der Waals surface area contributed by atoms with Crippen molar-refractivity contribution in [2.24, 2.45) is 4.99 Å². The van der Waals surface area contributed by atoms with E-state index < -0.39 is 0 Å². The molecule has 0 bridgehead atoms. The number of aromatic nitrogens is 1. The number of halogens is 2. The van der Waals surface area contributed by atoms with Crippen LogP contribution in [-0.2, 0) is 0 Å². The Morgan fingerprint density at radius 2 is 1.70 bits per heavy atom. The molecule has 1 N–H and O–H groups in total. The maximum absolute atomic E-state index is 9.77. The minimum absolute atomic E-state index is 0.171. The first-order chi connectivity index (χ1) is 13.0. The minimum atomic E-state index is 0.171. The van der Waals surface area contributed by atoms with Gasteiger partial charge in [0.15, 0.2) is 5.58 Å². The summed E-state index contributed by atoms with van der Waals surface area (Å²) in [5.41, 5.74) is 5.37. The van der Waals surface area contributed by atoms with E-state index in [-0.39, 0.29) is 5.75 Å². The molecule has 4 rings (SSSR count). The fourth-order valence-corrected chi connectivity index (χ4v) is 3.88. The van der Waals surface area contributed by atoms with Crippen LogP contribution in [0.3, 0.4) is 0 Å². The zero-order valence-electron chi connectivity index (χ0n) is 14.3. The maximum Gasteiger partial charge on any atom is 0.227 e. The van der Waals surface area contributed by atoms with Gasteiger partial charge in [-0.3, -0.25) is 4.99 Å². The monoisotopic (exact) mass is 484 g/mol. The topological polar surface area (TPSA) is 58.6 Å². The van der Waals surface area contributed by atoms with Gasteiger partial charge in [0, 0.05) is 11.8 Å². The third-order valence-electron chi connectivity index (χ3n) is 4.06. The third-order valence-corrected chi connectivity index (χ3v) is 5.27. The Labute approximate surface area is 172 Å². The van der Waals surface area contributed by atoms with E-state index in [4.69, 9.17) is 4.42 Å². The molecule has 0 aliphatic heterocycles. The van der Waals surface area contributed by atoms with Crippen LogP contribution in [0.25, 0.3) is 22.6 Å². The van der Waals surface area contributed by atoms with Crippen molar-refractivity contribution in [3.8, 4) is 17.2 Å². The summed E-state index contributed by atoms with van der Waals surface area (Å²) in [6, 6.07) is 17.3. The Kier molecular flexibility index (Phi) is 4.85. The lowest BCUT2D eigenvalue weighted by Gasteiger charge is -2.02. The molecule has 1 aromatic heterocycles. The second kappa shape index (κ2) is 7.29. The fraction of sp³-hybridized carbons (Fsp3) is 0.0476. The van der Waals surface area contributed by atoms with E-state index in [0.29, 0.717) is 14.8 Å². The lowest BCUT2D eigenvalue weighted by atomic mass is 10.2. The molecule has 0 atom stereocenters. The average molecular weight is 486 g/mol. The van der Waals surface area contributed by atoms with E-state index in [1.54, 1.807) is 18.3 Å². The van der Waals surface area contributed by atoms with Gasteiger partial charge in [-0.1, -0.05) is 6.07 Å². The molecule has 0 unspecified atom stereocenters. The largest absolute Gasteiger partial charge is 0.506 e. The molecule has 0 saturated heterocycles. The molecule has 4 nitrogen and oxygen atoms in total. The molecule has 134 valence electrons. The summed E-state index contributed by atoms with van der Waals surface area (Å²) in [7, 11) is 0. The molecule has 1 heterocycles. The number of aliphatic imine (C=N–C) groups is 1. The minimum Gasteiger partial charge on any atom is -0.506 e. The van der Waals surface area contributed by atoms with Gasteiger partial charge in [-0.15, -0.1) is 0 Å². The zero-order valence-corrected chi connectivity index (χ0v) is 17.5. The molecular weight excluding hydrogens is 472 g/mol. The van der Waals surface area contributed by atoms with Crippen LogP contribution in [0.2, 0.25) is 0 Å². The summed E-state index contributed by atoms with van der Waals surface area (Å²) in [5.74, 6) is 0.766. The van der Waals surface area contributed by atoms with E-state index in [2.05, 4.69) is 41.8 Å². The molecule has 0 spiro atoms. The Bertz CT molecular complexity index is 1140. The molecule has 4 aromatic rings. The molecule has 0 radical (unpaired) electrons. The number of benzene rings is 3. The number of rotatable bonds is 3. The predicted molar refractivity (Wildman–Crippen MR) is 115 cm³/mol. The standard InChI is InChI=1S/C21H14Br2N2O2/c1-12-2-7-19-18(8-12)25-21(27-19)14-3-5-15(6-4-14)24-11-13-9-16(22)20(26)17(23)10-13/h2-11,26H,1H3. The summed E-state index contributed by atoms with van der Waals surface area (Å²) in [5, 5.41) is 9.77. The highest BCUT2D eigenvalue weighted by Crippen LogP contribution is 2.33. The second-order valence-electron chi connectivity index (χ2n) is 6.13. The molecule has 0 aliphatic rings. The van der Waals surface area contributed by atoms with Crippen molar-refractivity contribution in [3.05, 3.63) is 74.7 Å². The molecule has 0 fully saturated rings. The quantitative estimate of drug-likeness (QED) is 0.325. The van der Waals surface area contributed by atoms with Crippen molar-refractivity contribution in [3.63, 3.8) is 0 Å². The number of aromatic hydroxyl groups is 1. The van der Waals surface area contributed by atoms with Gasteiger partial charge < -0.3 is 9.52 Å². The lowest BCUT2D eigenvalue weighted by molar-refractivity contribution is 0.468. The fourth-order valence-electron chi connectivity index (χ4n) is 2.66. The Hall–Kier alpha value is -2.44. The van der Waals surface area contributed by atoms with Gasteiger partial charge in [0.1, 0.15) is 11.3 Å². The third kappa shape index (κ3) is 3.82. The molecule has 27 heavy (non-hydrogen) atoms. The maximum atomic E-state index is 9.77. The molecular formula is C21H14Br2N2O2. The van der Waals surface area contributed by atoms with Crippen LogP contribution in [0.5, 0.6) is 5.75 Å². The van der Waals surface area contributed by atoms with E-state index in [1.807, 2.05) is 49.4 Å². The number of aryl methyl sites for hydroxylation is 1. The van der Waals surface area contributed by atoms with Crippen molar-refractivity contribution in [1.29, 1.82) is 0 Å².